The molecule has 632 valence electrons. The predicted molar refractivity (Wildman–Crippen MR) is 463 cm³/mol. The maximum absolute atomic E-state index is 13.0. The topological polar surface area (TPSA) is 231 Å². The molecule has 0 aromatic carbocycles. The molecule has 0 radical (unpaired) electrons. The van der Waals surface area contributed by atoms with Gasteiger partial charge in [-0.3, -0.25) is 32.5 Å². The van der Waals surface area contributed by atoms with Crippen molar-refractivity contribution in [2.24, 2.45) is 0 Å². The number of esters is 3. The highest BCUT2D eigenvalue weighted by Gasteiger charge is 2.29. The fraction of sp³-hybridized carbons (Fsp3) is 0.645. The van der Waals surface area contributed by atoms with E-state index in [1.54, 1.807) is 0 Å². The molecule has 0 saturated heterocycles. The zero-order valence-corrected chi connectivity index (χ0v) is 71.1. The molecule has 0 aliphatic heterocycles. The van der Waals surface area contributed by atoms with E-state index in [4.69, 9.17) is 32.3 Å². The van der Waals surface area contributed by atoms with Gasteiger partial charge in [-0.05, 0) is 161 Å². The summed E-state index contributed by atoms with van der Waals surface area (Å²) in [4.78, 5) is 58.9. The summed E-state index contributed by atoms with van der Waals surface area (Å²) in [7, 11) is -9.82. The van der Waals surface area contributed by atoms with Crippen LogP contribution in [0.5, 0.6) is 0 Å². The Bertz CT molecular complexity index is 2750. The van der Waals surface area contributed by atoms with Crippen LogP contribution in [-0.2, 0) is 55.8 Å². The molecule has 0 spiro atoms. The maximum atomic E-state index is 13.0. The standard InChI is InChI=1S/C93H154O16P2/c1-4-7-10-13-16-19-22-25-28-31-34-36-38-40-41-42-43-44-45-47-49-50-53-55-58-61-64-67-70-73-76-79-91(96)103-82-88(94)83-105-110(99,100)106-84-89(95)85-107-111(101,102)108-87-90(109-93(98)81-78-75-72-69-66-63-60-57-52-33-30-27-24-21-18-15-12-9-6-3)86-104-92(97)80-77-74-71-68-65-62-59-56-54-51-48-46-39-37-35-32-29-26-23-20-17-14-11-8-5-2/h7-8,10-11,16-21,25-30,34-37,40-41,43-44,46,48,52,54,56-57,88-90,94-95H,4-6,9,12-15,22-24,31-33,38-39,42,45,47,49-51,53,55,58-87H2,1-3H3,(H,99,100)(H,101,102)/b10-7-,11-8-,19-16-,20-17-,21-18-,28-25-,29-26-,30-27-,36-34-,37-35-,41-40-,44-43-,48-46-,56-54-,57-52-. The molecule has 0 heterocycles. The van der Waals surface area contributed by atoms with Gasteiger partial charge in [-0.2, -0.15) is 0 Å². The van der Waals surface area contributed by atoms with Gasteiger partial charge in [0.05, 0.1) is 26.4 Å². The fourth-order valence-corrected chi connectivity index (χ4v) is 12.7. The van der Waals surface area contributed by atoms with Gasteiger partial charge < -0.3 is 34.2 Å². The van der Waals surface area contributed by atoms with Crippen LogP contribution in [0.2, 0.25) is 0 Å². The molecule has 4 N–H and O–H groups in total. The van der Waals surface area contributed by atoms with Crippen molar-refractivity contribution in [3.05, 3.63) is 182 Å². The molecule has 5 atom stereocenters. The minimum absolute atomic E-state index is 0.0806. The second-order valence-electron chi connectivity index (χ2n) is 28.2. The number of allylic oxidation sites excluding steroid dienone is 30. The molecular formula is C93H154O16P2. The average molecular weight is 1590 g/mol. The molecular weight excluding hydrogens is 1430 g/mol. The van der Waals surface area contributed by atoms with Crippen molar-refractivity contribution < 1.29 is 75.8 Å². The highest BCUT2D eigenvalue weighted by atomic mass is 31.2. The minimum atomic E-state index is -4.95. The van der Waals surface area contributed by atoms with Crippen molar-refractivity contribution >= 4 is 33.6 Å². The van der Waals surface area contributed by atoms with E-state index in [2.05, 4.69) is 203 Å². The third kappa shape index (κ3) is 85.4. The van der Waals surface area contributed by atoms with Crippen molar-refractivity contribution in [1.29, 1.82) is 0 Å². The Hall–Kier alpha value is -5.35. The first-order valence-electron chi connectivity index (χ1n) is 43.1. The number of aliphatic hydroxyl groups is 2. The van der Waals surface area contributed by atoms with Gasteiger partial charge in [-0.15, -0.1) is 0 Å². The number of unbranched alkanes of at least 4 members (excludes halogenated alkanes) is 27. The van der Waals surface area contributed by atoms with E-state index >= 15 is 0 Å². The second-order valence-corrected chi connectivity index (χ2v) is 31.1. The summed E-state index contributed by atoms with van der Waals surface area (Å²) < 4.78 is 61.3. The van der Waals surface area contributed by atoms with E-state index in [9.17, 15) is 43.5 Å². The lowest BCUT2D eigenvalue weighted by atomic mass is 10.0. The van der Waals surface area contributed by atoms with Crippen molar-refractivity contribution in [3.8, 4) is 0 Å². The first kappa shape index (κ1) is 106. The first-order chi connectivity index (χ1) is 54.2. The molecule has 0 rings (SSSR count). The molecule has 0 aliphatic carbocycles. The van der Waals surface area contributed by atoms with E-state index in [1.165, 1.54) is 70.6 Å². The monoisotopic (exact) mass is 1590 g/mol. The van der Waals surface area contributed by atoms with Crippen molar-refractivity contribution in [3.63, 3.8) is 0 Å². The van der Waals surface area contributed by atoms with Gasteiger partial charge in [0, 0.05) is 19.3 Å². The number of ether oxygens (including phenoxy) is 3. The Kier molecular flexibility index (Phi) is 80.0. The SMILES string of the molecule is CC/C=C\C/C=C\C/C=C\C/C=C\C/C=C\C/C=C\CCCCCCCCCCCCCCC(=O)OCC(O)COP(=O)(O)OCC(O)COP(=O)(O)OCC(COC(=O)CCCCCCCC/C=C\C/C=C\C/C=C\C/C=C\C/C=C\C/C=C\CC)OC(=O)CCCCCCCC/C=C\C/C=C\C/C=C\CCCCC. The third-order valence-electron chi connectivity index (χ3n) is 17.6. The van der Waals surface area contributed by atoms with Gasteiger partial charge in [0.25, 0.3) is 0 Å². The number of aliphatic hydroxyl groups excluding tert-OH is 2. The molecule has 16 nitrogen and oxygen atoms in total. The molecule has 5 unspecified atom stereocenters. The van der Waals surface area contributed by atoms with Crippen LogP contribution in [0.15, 0.2) is 182 Å². The van der Waals surface area contributed by atoms with E-state index in [-0.39, 0.29) is 19.3 Å². The summed E-state index contributed by atoms with van der Waals surface area (Å²) in [6.45, 7) is 2.40. The summed E-state index contributed by atoms with van der Waals surface area (Å²) in [6, 6.07) is 0. The van der Waals surface area contributed by atoms with Crippen LogP contribution in [0.4, 0.5) is 0 Å². The van der Waals surface area contributed by atoms with E-state index in [1.807, 2.05) is 0 Å². The summed E-state index contributed by atoms with van der Waals surface area (Å²) >= 11 is 0. The second kappa shape index (κ2) is 84.1. The molecule has 0 amide bonds. The number of phosphoric ester groups is 2. The normalized spacial score (nSPS) is 14.8. The number of phosphoric acid groups is 2. The molecule has 111 heavy (non-hydrogen) atoms. The van der Waals surface area contributed by atoms with Crippen LogP contribution in [0.1, 0.15) is 329 Å². The summed E-state index contributed by atoms with van der Waals surface area (Å²) in [5, 5.41) is 20.7. The number of hydrogen-bond donors (Lipinski definition) is 4. The van der Waals surface area contributed by atoms with Gasteiger partial charge in [-0.1, -0.05) is 331 Å². The van der Waals surface area contributed by atoms with Crippen LogP contribution in [0, 0.1) is 0 Å². The zero-order chi connectivity index (χ0) is 80.8. The Balaban J connectivity index is 4.62. The van der Waals surface area contributed by atoms with Gasteiger partial charge in [0.15, 0.2) is 6.10 Å². The third-order valence-corrected chi connectivity index (χ3v) is 19.5. The predicted octanol–water partition coefficient (Wildman–Crippen LogP) is 26.1. The molecule has 0 bridgehead atoms. The molecule has 0 saturated carbocycles. The fourth-order valence-electron chi connectivity index (χ4n) is 11.1. The zero-order valence-electron chi connectivity index (χ0n) is 69.3. The molecule has 18 heteroatoms. The minimum Gasteiger partial charge on any atom is -0.463 e. The van der Waals surface area contributed by atoms with Gasteiger partial charge in [0.2, 0.25) is 0 Å². The highest BCUT2D eigenvalue weighted by molar-refractivity contribution is 7.47. The van der Waals surface area contributed by atoms with E-state index in [0.717, 1.165) is 199 Å². The Morgan fingerprint density at radius 2 is 0.477 bits per heavy atom. The van der Waals surface area contributed by atoms with E-state index < -0.39 is 91.5 Å². The lowest BCUT2D eigenvalue weighted by Gasteiger charge is -2.21. The van der Waals surface area contributed by atoms with E-state index in [0.29, 0.717) is 19.3 Å². The smallest absolute Gasteiger partial charge is 0.463 e. The highest BCUT2D eigenvalue weighted by Crippen LogP contribution is 2.45. The number of rotatable bonds is 80. The lowest BCUT2D eigenvalue weighted by molar-refractivity contribution is -0.161. The van der Waals surface area contributed by atoms with Crippen LogP contribution in [0.3, 0.4) is 0 Å². The van der Waals surface area contributed by atoms with Crippen LogP contribution < -0.4 is 0 Å². The molecule has 0 aromatic rings. The number of carbonyl (C=O) groups is 3. The maximum Gasteiger partial charge on any atom is 0.472 e. The molecule has 0 aromatic heterocycles. The van der Waals surface area contributed by atoms with Crippen molar-refractivity contribution in [2.75, 3.05) is 39.6 Å². The largest absolute Gasteiger partial charge is 0.472 e. The summed E-state index contributed by atoms with van der Waals surface area (Å²) in [5.41, 5.74) is 0. The Morgan fingerprint density at radius 3 is 0.757 bits per heavy atom. The van der Waals surface area contributed by atoms with Crippen LogP contribution in [-0.4, -0.2) is 95.9 Å². The molecule has 0 fully saturated rings. The number of hydrogen-bond acceptors (Lipinski definition) is 14. The number of carbonyl (C=O) groups excluding carboxylic acids is 3. The summed E-state index contributed by atoms with van der Waals surface area (Å²) in [6.07, 6.45) is 109. The van der Waals surface area contributed by atoms with Gasteiger partial charge in [-0.25, -0.2) is 9.13 Å². The van der Waals surface area contributed by atoms with Crippen LogP contribution in [0.25, 0.3) is 0 Å². The van der Waals surface area contributed by atoms with Gasteiger partial charge >= 0.3 is 33.6 Å². The molecule has 0 aliphatic rings. The summed E-state index contributed by atoms with van der Waals surface area (Å²) in [5.74, 6) is -1.61. The average Bonchev–Trinajstić information content (AvgIpc) is 0.895. The lowest BCUT2D eigenvalue weighted by Crippen LogP contribution is -2.30. The Labute approximate surface area is 675 Å². The van der Waals surface area contributed by atoms with Crippen molar-refractivity contribution in [2.45, 2.75) is 347 Å². The van der Waals surface area contributed by atoms with Crippen molar-refractivity contribution in [1.82, 2.24) is 0 Å². The van der Waals surface area contributed by atoms with Gasteiger partial charge in [0.1, 0.15) is 25.4 Å². The quantitative estimate of drug-likeness (QED) is 0.0146. The Morgan fingerprint density at radius 1 is 0.261 bits per heavy atom. The van der Waals surface area contributed by atoms with Crippen LogP contribution >= 0.6 is 15.6 Å². The first-order valence-corrected chi connectivity index (χ1v) is 46.1.